The molecule has 0 heterocycles. The molecule has 1 N–H and O–H groups in total. The Morgan fingerprint density at radius 1 is 1.00 bits per heavy atom. The molecule has 3 rings (SSSR count). The van der Waals surface area contributed by atoms with Gasteiger partial charge in [-0.15, -0.1) is 0 Å². The zero-order chi connectivity index (χ0) is 24.9. The van der Waals surface area contributed by atoms with Gasteiger partial charge in [0.1, 0.15) is 12.6 Å². The maximum atomic E-state index is 13.7. The molecular weight excluding hydrogens is 450 g/mol. The average Bonchev–Trinajstić information content (AvgIpc) is 2.81. The van der Waals surface area contributed by atoms with E-state index in [0.717, 1.165) is 32.5 Å². The molecule has 0 saturated carbocycles. The minimum Gasteiger partial charge on any atom is -0.357 e. The summed E-state index contributed by atoms with van der Waals surface area (Å²) in [6.07, 6.45) is 1.48. The predicted octanol–water partition coefficient (Wildman–Crippen LogP) is 3.47. The van der Waals surface area contributed by atoms with Crippen LogP contribution in [-0.4, -0.2) is 51.0 Å². The van der Waals surface area contributed by atoms with Gasteiger partial charge in [-0.25, -0.2) is 8.42 Å². The number of sulfonamides is 1. The molecule has 0 aliphatic heterocycles. The highest BCUT2D eigenvalue weighted by Crippen LogP contribution is 2.28. The number of carbonyl (C=O) groups excluding carboxylic acids is 2. The van der Waals surface area contributed by atoms with Crippen LogP contribution in [-0.2, 0) is 26.2 Å². The van der Waals surface area contributed by atoms with Crippen LogP contribution in [0.25, 0.3) is 10.8 Å². The van der Waals surface area contributed by atoms with Gasteiger partial charge in [0, 0.05) is 19.0 Å². The van der Waals surface area contributed by atoms with Crippen molar-refractivity contribution in [1.82, 2.24) is 10.2 Å². The van der Waals surface area contributed by atoms with Crippen LogP contribution in [0.15, 0.2) is 66.7 Å². The number of carbonyl (C=O) groups is 2. The summed E-state index contributed by atoms with van der Waals surface area (Å²) < 4.78 is 26.8. The lowest BCUT2D eigenvalue weighted by atomic mass is 10.1. The molecule has 0 saturated heterocycles. The lowest BCUT2D eigenvalue weighted by molar-refractivity contribution is -0.140. The first-order chi connectivity index (χ1) is 16.2. The normalized spacial score (nSPS) is 12.2. The van der Waals surface area contributed by atoms with Crippen molar-refractivity contribution in [3.63, 3.8) is 0 Å². The van der Waals surface area contributed by atoms with Crippen molar-refractivity contribution in [2.75, 3.05) is 24.2 Å². The Morgan fingerprint density at radius 2 is 1.68 bits per heavy atom. The summed E-state index contributed by atoms with van der Waals surface area (Å²) in [7, 11) is -2.26. The topological polar surface area (TPSA) is 86.8 Å². The monoisotopic (exact) mass is 481 g/mol. The molecule has 8 heteroatoms. The molecule has 0 bridgehead atoms. The highest BCUT2D eigenvalue weighted by atomic mass is 32.2. The Hall–Kier alpha value is -3.39. The van der Waals surface area contributed by atoms with Crippen LogP contribution in [0.1, 0.15) is 24.5 Å². The molecule has 0 radical (unpaired) electrons. The SMILES string of the molecule is CC[C@H](C(=O)NC)N(Cc1cccc(C)c1)C(=O)CN(c1cccc2ccccc12)S(C)(=O)=O. The summed E-state index contributed by atoms with van der Waals surface area (Å²) in [5, 5.41) is 4.22. The fourth-order valence-corrected chi connectivity index (χ4v) is 4.98. The van der Waals surface area contributed by atoms with Crippen LogP contribution in [0, 0.1) is 6.92 Å². The Morgan fingerprint density at radius 3 is 2.32 bits per heavy atom. The number of benzene rings is 3. The van der Waals surface area contributed by atoms with E-state index in [1.54, 1.807) is 12.1 Å². The van der Waals surface area contributed by atoms with Crippen LogP contribution < -0.4 is 9.62 Å². The molecule has 0 aliphatic rings. The second-order valence-electron chi connectivity index (χ2n) is 8.32. The van der Waals surface area contributed by atoms with Crippen molar-refractivity contribution < 1.29 is 18.0 Å². The van der Waals surface area contributed by atoms with E-state index in [1.807, 2.05) is 68.4 Å². The Balaban J connectivity index is 2.03. The summed E-state index contributed by atoms with van der Waals surface area (Å²) in [5.74, 6) is -0.741. The minimum absolute atomic E-state index is 0.194. The van der Waals surface area contributed by atoms with E-state index in [2.05, 4.69) is 5.32 Å². The molecule has 0 aliphatic carbocycles. The van der Waals surface area contributed by atoms with Gasteiger partial charge in [-0.2, -0.15) is 0 Å². The van der Waals surface area contributed by atoms with Gasteiger partial charge in [0.2, 0.25) is 21.8 Å². The summed E-state index contributed by atoms with van der Waals surface area (Å²) in [4.78, 5) is 27.8. The standard InChI is InChI=1S/C26H31N3O4S/c1-5-23(26(31)27-3)28(17-20-11-8-10-19(2)16-20)25(30)18-29(34(4,32)33)24-15-9-13-21-12-6-7-14-22(21)24/h6-16,23H,5,17-18H2,1-4H3,(H,27,31)/t23-/m1/s1. The molecule has 0 unspecified atom stereocenters. The van der Waals surface area contributed by atoms with Crippen LogP contribution in [0.2, 0.25) is 0 Å². The predicted molar refractivity (Wildman–Crippen MR) is 136 cm³/mol. The number of likely N-dealkylation sites (N-methyl/N-ethyl adjacent to an activating group) is 1. The molecular formula is C26H31N3O4S. The quantitative estimate of drug-likeness (QED) is 0.507. The van der Waals surface area contributed by atoms with E-state index in [4.69, 9.17) is 0 Å². The number of nitrogens with one attached hydrogen (secondary N) is 1. The van der Waals surface area contributed by atoms with E-state index < -0.39 is 28.5 Å². The van der Waals surface area contributed by atoms with E-state index in [-0.39, 0.29) is 12.5 Å². The Labute approximate surface area is 201 Å². The van der Waals surface area contributed by atoms with Gasteiger partial charge in [-0.1, -0.05) is 73.2 Å². The molecule has 34 heavy (non-hydrogen) atoms. The van der Waals surface area contributed by atoms with Gasteiger partial charge < -0.3 is 10.2 Å². The van der Waals surface area contributed by atoms with Crippen molar-refractivity contribution in [3.8, 4) is 0 Å². The van der Waals surface area contributed by atoms with Crippen LogP contribution in [0.4, 0.5) is 5.69 Å². The first kappa shape index (κ1) is 25.2. The summed E-state index contributed by atoms with van der Waals surface area (Å²) >= 11 is 0. The lowest BCUT2D eigenvalue weighted by Gasteiger charge is -2.33. The molecule has 3 aromatic carbocycles. The zero-order valence-corrected chi connectivity index (χ0v) is 20.8. The third kappa shape index (κ3) is 5.75. The van der Waals surface area contributed by atoms with Gasteiger partial charge in [0.05, 0.1) is 11.9 Å². The fourth-order valence-electron chi connectivity index (χ4n) is 4.11. The number of anilines is 1. The molecule has 0 spiro atoms. The fraction of sp³-hybridized carbons (Fsp3) is 0.308. The number of amides is 2. The highest BCUT2D eigenvalue weighted by Gasteiger charge is 2.31. The summed E-state index contributed by atoms with van der Waals surface area (Å²) in [5.41, 5.74) is 2.33. The number of fused-ring (bicyclic) bond motifs is 1. The molecule has 3 aromatic rings. The third-order valence-corrected chi connectivity index (χ3v) is 6.91. The van der Waals surface area contributed by atoms with Crippen molar-refractivity contribution in [2.24, 2.45) is 0 Å². The zero-order valence-electron chi connectivity index (χ0n) is 20.0. The minimum atomic E-state index is -3.79. The molecule has 0 fully saturated rings. The molecule has 180 valence electrons. The van der Waals surface area contributed by atoms with E-state index in [0.29, 0.717) is 12.1 Å². The number of rotatable bonds is 9. The number of hydrogen-bond donors (Lipinski definition) is 1. The van der Waals surface area contributed by atoms with Crippen LogP contribution >= 0.6 is 0 Å². The maximum absolute atomic E-state index is 13.7. The third-order valence-electron chi connectivity index (χ3n) is 5.78. The molecule has 2 amide bonds. The van der Waals surface area contributed by atoms with Crippen molar-refractivity contribution in [3.05, 3.63) is 77.9 Å². The van der Waals surface area contributed by atoms with E-state index in [9.17, 15) is 18.0 Å². The second kappa shape index (κ2) is 10.7. The average molecular weight is 482 g/mol. The van der Waals surface area contributed by atoms with Crippen molar-refractivity contribution in [2.45, 2.75) is 32.9 Å². The van der Waals surface area contributed by atoms with Crippen LogP contribution in [0.3, 0.4) is 0 Å². The van der Waals surface area contributed by atoms with E-state index in [1.165, 1.54) is 11.9 Å². The first-order valence-electron chi connectivity index (χ1n) is 11.2. The summed E-state index contributed by atoms with van der Waals surface area (Å²) in [6.45, 7) is 3.57. The first-order valence-corrected chi connectivity index (χ1v) is 13.0. The van der Waals surface area contributed by atoms with Gasteiger partial charge in [0.25, 0.3) is 0 Å². The number of nitrogens with zero attached hydrogens (tertiary/aromatic N) is 2. The Kier molecular flexibility index (Phi) is 7.94. The maximum Gasteiger partial charge on any atom is 0.244 e. The van der Waals surface area contributed by atoms with Crippen molar-refractivity contribution in [1.29, 1.82) is 0 Å². The van der Waals surface area contributed by atoms with Gasteiger partial charge in [-0.3, -0.25) is 13.9 Å². The van der Waals surface area contributed by atoms with Gasteiger partial charge in [-0.05, 0) is 30.4 Å². The van der Waals surface area contributed by atoms with Gasteiger partial charge in [0.15, 0.2) is 0 Å². The van der Waals surface area contributed by atoms with Crippen LogP contribution in [0.5, 0.6) is 0 Å². The van der Waals surface area contributed by atoms with Crippen molar-refractivity contribution >= 4 is 38.3 Å². The number of aryl methyl sites for hydroxylation is 1. The molecule has 7 nitrogen and oxygen atoms in total. The summed E-state index contributed by atoms with van der Waals surface area (Å²) in [6, 6.07) is 19.8. The smallest absolute Gasteiger partial charge is 0.244 e. The van der Waals surface area contributed by atoms with Gasteiger partial charge >= 0.3 is 0 Å². The second-order valence-corrected chi connectivity index (χ2v) is 10.2. The van der Waals surface area contributed by atoms with E-state index >= 15 is 0 Å². The largest absolute Gasteiger partial charge is 0.357 e. The number of hydrogen-bond acceptors (Lipinski definition) is 4. The molecule has 1 atom stereocenters. The molecule has 0 aromatic heterocycles. The highest BCUT2D eigenvalue weighted by molar-refractivity contribution is 7.92. The lowest BCUT2D eigenvalue weighted by Crippen LogP contribution is -2.51. The Bertz CT molecular complexity index is 1280.